The molecule has 96 valence electrons. The van der Waals surface area contributed by atoms with Crippen LogP contribution in [0.1, 0.15) is 31.4 Å². The summed E-state index contributed by atoms with van der Waals surface area (Å²) >= 11 is 1.74. The topological polar surface area (TPSA) is 30.5 Å². The molecule has 1 unspecified atom stereocenters. The monoisotopic (exact) mass is 255 g/mol. The molecule has 0 aromatic carbocycles. The minimum absolute atomic E-state index is 0.0392. The van der Waals surface area contributed by atoms with Gasteiger partial charge in [0.1, 0.15) is 0 Å². The first-order valence-electron chi connectivity index (χ1n) is 6.14. The predicted molar refractivity (Wildman–Crippen MR) is 70.5 cm³/mol. The fraction of sp³-hybridized carbons (Fsp3) is 0.692. The van der Waals surface area contributed by atoms with Crippen molar-refractivity contribution in [1.82, 2.24) is 5.32 Å². The van der Waals surface area contributed by atoms with Crippen LogP contribution in [-0.2, 0) is 9.47 Å². The molecule has 1 aliphatic rings. The third-order valence-electron chi connectivity index (χ3n) is 3.61. The normalized spacial score (nSPS) is 21.3. The van der Waals surface area contributed by atoms with Crippen LogP contribution >= 0.6 is 11.3 Å². The quantitative estimate of drug-likeness (QED) is 0.877. The second-order valence-corrected chi connectivity index (χ2v) is 5.44. The SMILES string of the molecule is COC1(CNC(C)c2ccsc2)CCOCC1. The minimum Gasteiger partial charge on any atom is -0.381 e. The van der Waals surface area contributed by atoms with E-state index in [1.165, 1.54) is 5.56 Å². The Morgan fingerprint density at radius 3 is 2.88 bits per heavy atom. The average Bonchev–Trinajstić information content (AvgIpc) is 2.91. The summed E-state index contributed by atoms with van der Waals surface area (Å²) in [5.41, 5.74) is 1.32. The van der Waals surface area contributed by atoms with Gasteiger partial charge < -0.3 is 14.8 Å². The molecule has 1 aliphatic heterocycles. The Morgan fingerprint density at radius 2 is 2.29 bits per heavy atom. The van der Waals surface area contributed by atoms with Gasteiger partial charge in [0.2, 0.25) is 0 Å². The second-order valence-electron chi connectivity index (χ2n) is 4.66. The molecule has 4 heteroatoms. The predicted octanol–water partition coefficient (Wildman–Crippen LogP) is 2.59. The summed E-state index contributed by atoms with van der Waals surface area (Å²) in [7, 11) is 1.81. The Bertz CT molecular complexity index is 320. The third kappa shape index (κ3) is 3.28. The molecule has 0 saturated carbocycles. The Hall–Kier alpha value is -0.420. The molecule has 2 heterocycles. The largest absolute Gasteiger partial charge is 0.381 e. The molecule has 1 saturated heterocycles. The van der Waals surface area contributed by atoms with Gasteiger partial charge in [0, 0.05) is 45.8 Å². The van der Waals surface area contributed by atoms with Crippen molar-refractivity contribution in [3.05, 3.63) is 22.4 Å². The molecule has 1 aromatic rings. The molecular weight excluding hydrogens is 234 g/mol. The molecule has 2 rings (SSSR count). The summed E-state index contributed by atoms with van der Waals surface area (Å²) in [6, 6.07) is 2.56. The van der Waals surface area contributed by atoms with Crippen LogP contribution in [0, 0.1) is 0 Å². The molecule has 0 spiro atoms. The molecule has 1 fully saturated rings. The summed E-state index contributed by atoms with van der Waals surface area (Å²) in [4.78, 5) is 0. The summed E-state index contributed by atoms with van der Waals surface area (Å²) in [6.07, 6.45) is 1.96. The van der Waals surface area contributed by atoms with E-state index >= 15 is 0 Å². The molecule has 3 nitrogen and oxygen atoms in total. The zero-order valence-corrected chi connectivity index (χ0v) is 11.4. The smallest absolute Gasteiger partial charge is 0.0846 e. The van der Waals surface area contributed by atoms with Crippen molar-refractivity contribution in [2.24, 2.45) is 0 Å². The summed E-state index contributed by atoms with van der Waals surface area (Å²) in [5, 5.41) is 7.89. The van der Waals surface area contributed by atoms with Crippen molar-refractivity contribution >= 4 is 11.3 Å². The lowest BCUT2D eigenvalue weighted by molar-refractivity contribution is -0.0885. The van der Waals surface area contributed by atoms with Gasteiger partial charge in [-0.15, -0.1) is 0 Å². The van der Waals surface area contributed by atoms with E-state index < -0.39 is 0 Å². The van der Waals surface area contributed by atoms with Gasteiger partial charge in [-0.1, -0.05) is 0 Å². The molecule has 0 bridgehead atoms. The summed E-state index contributed by atoms with van der Waals surface area (Å²) < 4.78 is 11.1. The van der Waals surface area contributed by atoms with E-state index in [-0.39, 0.29) is 5.60 Å². The lowest BCUT2D eigenvalue weighted by Crippen LogP contribution is -2.47. The molecule has 1 N–H and O–H groups in total. The highest BCUT2D eigenvalue weighted by molar-refractivity contribution is 7.07. The first-order valence-corrected chi connectivity index (χ1v) is 7.08. The van der Waals surface area contributed by atoms with E-state index in [0.717, 1.165) is 32.6 Å². The van der Waals surface area contributed by atoms with Crippen molar-refractivity contribution < 1.29 is 9.47 Å². The Balaban J connectivity index is 1.87. The van der Waals surface area contributed by atoms with Crippen molar-refractivity contribution in [1.29, 1.82) is 0 Å². The van der Waals surface area contributed by atoms with Gasteiger partial charge in [0.25, 0.3) is 0 Å². The minimum atomic E-state index is -0.0392. The average molecular weight is 255 g/mol. The van der Waals surface area contributed by atoms with Crippen molar-refractivity contribution in [2.75, 3.05) is 26.9 Å². The van der Waals surface area contributed by atoms with E-state index in [1.807, 2.05) is 7.11 Å². The van der Waals surface area contributed by atoms with Gasteiger partial charge >= 0.3 is 0 Å². The van der Waals surface area contributed by atoms with Crippen molar-refractivity contribution in [2.45, 2.75) is 31.4 Å². The Morgan fingerprint density at radius 1 is 1.53 bits per heavy atom. The Kier molecular flexibility index (Phi) is 4.56. The van der Waals surface area contributed by atoms with E-state index in [0.29, 0.717) is 6.04 Å². The molecule has 17 heavy (non-hydrogen) atoms. The first-order chi connectivity index (χ1) is 8.26. The van der Waals surface area contributed by atoms with E-state index in [1.54, 1.807) is 11.3 Å². The van der Waals surface area contributed by atoms with Crippen LogP contribution in [0.15, 0.2) is 16.8 Å². The number of hydrogen-bond acceptors (Lipinski definition) is 4. The zero-order chi connectivity index (χ0) is 12.1. The van der Waals surface area contributed by atoms with Gasteiger partial charge in [-0.3, -0.25) is 0 Å². The van der Waals surface area contributed by atoms with E-state index in [4.69, 9.17) is 9.47 Å². The highest BCUT2D eigenvalue weighted by Crippen LogP contribution is 2.25. The van der Waals surface area contributed by atoms with Crippen LogP contribution in [0.5, 0.6) is 0 Å². The summed E-state index contributed by atoms with van der Waals surface area (Å²) in [6.45, 7) is 4.71. The molecule has 1 aromatic heterocycles. The third-order valence-corrected chi connectivity index (χ3v) is 4.31. The number of rotatable bonds is 5. The van der Waals surface area contributed by atoms with Gasteiger partial charge in [-0.05, 0) is 29.3 Å². The standard InChI is InChI=1S/C13H21NO2S/c1-11(12-3-8-17-9-12)14-10-13(15-2)4-6-16-7-5-13/h3,8-9,11,14H,4-7,10H2,1-2H3. The van der Waals surface area contributed by atoms with Gasteiger partial charge in [0.05, 0.1) is 5.60 Å². The molecule has 0 radical (unpaired) electrons. The molecule has 1 atom stereocenters. The summed E-state index contributed by atoms with van der Waals surface area (Å²) in [5.74, 6) is 0. The van der Waals surface area contributed by atoms with Gasteiger partial charge in [-0.25, -0.2) is 0 Å². The number of thiophene rings is 1. The lowest BCUT2D eigenvalue weighted by atomic mass is 9.93. The maximum absolute atomic E-state index is 5.71. The number of hydrogen-bond donors (Lipinski definition) is 1. The van der Waals surface area contributed by atoms with E-state index in [2.05, 4.69) is 29.1 Å². The molecular formula is C13H21NO2S. The number of ether oxygens (including phenoxy) is 2. The number of methoxy groups -OCH3 is 1. The highest BCUT2D eigenvalue weighted by atomic mass is 32.1. The second kappa shape index (κ2) is 5.96. The van der Waals surface area contributed by atoms with Crippen LogP contribution in [0.4, 0.5) is 0 Å². The first kappa shape index (κ1) is 13.0. The van der Waals surface area contributed by atoms with Crippen molar-refractivity contribution in [3.63, 3.8) is 0 Å². The van der Waals surface area contributed by atoms with Crippen LogP contribution in [0.25, 0.3) is 0 Å². The maximum Gasteiger partial charge on any atom is 0.0846 e. The van der Waals surface area contributed by atoms with Gasteiger partial charge in [0.15, 0.2) is 0 Å². The fourth-order valence-corrected chi connectivity index (χ4v) is 2.93. The van der Waals surface area contributed by atoms with Gasteiger partial charge in [-0.2, -0.15) is 11.3 Å². The van der Waals surface area contributed by atoms with Crippen LogP contribution in [0.3, 0.4) is 0 Å². The van der Waals surface area contributed by atoms with Crippen LogP contribution in [-0.4, -0.2) is 32.5 Å². The van der Waals surface area contributed by atoms with E-state index in [9.17, 15) is 0 Å². The molecule has 0 aliphatic carbocycles. The fourth-order valence-electron chi connectivity index (χ4n) is 2.17. The van der Waals surface area contributed by atoms with Crippen LogP contribution < -0.4 is 5.32 Å². The maximum atomic E-state index is 5.71. The highest BCUT2D eigenvalue weighted by Gasteiger charge is 2.32. The van der Waals surface area contributed by atoms with Crippen LogP contribution in [0.2, 0.25) is 0 Å². The molecule has 0 amide bonds. The Labute approximate surface area is 107 Å². The van der Waals surface area contributed by atoms with Crippen molar-refractivity contribution in [3.8, 4) is 0 Å². The zero-order valence-electron chi connectivity index (χ0n) is 10.6. The number of nitrogens with one attached hydrogen (secondary N) is 1. The lowest BCUT2D eigenvalue weighted by Gasteiger charge is -2.36.